The average Bonchev–Trinajstić information content (AvgIpc) is 3.84. The standard InChI is InChI=1S/C54H85NO19/c1-23(11-10-12-24(2)45(66)55-34-25(3)26(4)68-46(34)67)28-15-16-52(9)33-14-13-32-50(6,7)44(29(58)19-54(32)22-53(33,54)18-17-51(28,52)8)74-49-43(40(64)37(61)31(21-57)71-49)73-48-42(39(63)36(60)30(20-56)70-48)72-47-41(65)38(62)35(59)27(5)69-47/h10-12,23,25-44,47-49,56-65H,13-22H2,1-9H3,(H,55,66)/b11-10+,24-12+/t23-,25+,26-,27+,28-,29-,30-,31-,32+,33+,34+,35+,36-,37-,38-,39+,40+,41-,42-,43-,44+,47+,48+,49+,51-,52+,53+,54-/m1/s1. The number of ether oxygens (including phenoxy) is 7. The van der Waals surface area contributed by atoms with E-state index >= 15 is 0 Å². The number of rotatable bonds is 13. The van der Waals surface area contributed by atoms with E-state index in [-0.39, 0.29) is 51.4 Å². The Labute approximate surface area is 433 Å². The average molecular weight is 1050 g/mol. The van der Waals surface area contributed by atoms with Crippen LogP contribution in [0.2, 0.25) is 0 Å². The highest BCUT2D eigenvalue weighted by Crippen LogP contribution is 2.89. The molecule has 0 unspecified atom stereocenters. The number of aliphatic hydroxyl groups is 10. The van der Waals surface area contributed by atoms with Gasteiger partial charge in [0.25, 0.3) is 0 Å². The summed E-state index contributed by atoms with van der Waals surface area (Å²) in [7, 11) is 0. The van der Waals surface area contributed by atoms with Gasteiger partial charge in [0.1, 0.15) is 79.3 Å². The van der Waals surface area contributed by atoms with Gasteiger partial charge in [0.05, 0.1) is 31.5 Å². The number of amides is 1. The predicted molar refractivity (Wildman–Crippen MR) is 259 cm³/mol. The van der Waals surface area contributed by atoms with Crippen molar-refractivity contribution in [3.63, 3.8) is 0 Å². The lowest BCUT2D eigenvalue weighted by Gasteiger charge is -2.64. The van der Waals surface area contributed by atoms with Gasteiger partial charge in [-0.3, -0.25) is 4.79 Å². The third-order valence-corrected chi connectivity index (χ3v) is 21.3. The minimum atomic E-state index is -1.87. The van der Waals surface area contributed by atoms with E-state index in [0.717, 1.165) is 44.9 Å². The van der Waals surface area contributed by atoms with Crippen LogP contribution in [0.25, 0.3) is 0 Å². The first-order chi connectivity index (χ1) is 34.7. The van der Waals surface area contributed by atoms with Crippen LogP contribution in [0.1, 0.15) is 114 Å². The van der Waals surface area contributed by atoms with Crippen molar-refractivity contribution >= 4 is 11.9 Å². The fourth-order valence-corrected chi connectivity index (χ4v) is 16.7. The number of hydrogen-bond acceptors (Lipinski definition) is 19. The van der Waals surface area contributed by atoms with Crippen LogP contribution in [0.5, 0.6) is 0 Å². The van der Waals surface area contributed by atoms with E-state index in [1.807, 2.05) is 26.0 Å². The highest BCUT2D eigenvalue weighted by atomic mass is 16.8. The number of fused-ring (bicyclic) bond motifs is 2. The highest BCUT2D eigenvalue weighted by molar-refractivity contribution is 5.96. The van der Waals surface area contributed by atoms with Crippen LogP contribution >= 0.6 is 0 Å². The third-order valence-electron chi connectivity index (χ3n) is 21.3. The summed E-state index contributed by atoms with van der Waals surface area (Å²) in [5, 5.41) is 113. The number of esters is 1. The topological polar surface area (TPSA) is 313 Å². The Hall–Kier alpha value is -2.22. The second-order valence-corrected chi connectivity index (χ2v) is 25.1. The van der Waals surface area contributed by atoms with Gasteiger partial charge in [-0.25, -0.2) is 4.79 Å². The molecular weight excluding hydrogens is 967 g/mol. The fraction of sp³-hybridized carbons (Fsp3) is 0.889. The van der Waals surface area contributed by atoms with Gasteiger partial charge in [-0.15, -0.1) is 0 Å². The summed E-state index contributed by atoms with van der Waals surface area (Å²) in [6.45, 7) is 16.8. The molecule has 0 aromatic rings. The van der Waals surface area contributed by atoms with Crippen LogP contribution in [-0.2, 0) is 42.7 Å². The van der Waals surface area contributed by atoms with Crippen LogP contribution in [0.3, 0.4) is 0 Å². The van der Waals surface area contributed by atoms with Gasteiger partial charge >= 0.3 is 5.97 Å². The van der Waals surface area contributed by atoms with E-state index < -0.39 is 135 Å². The normalized spacial score (nSPS) is 53.4. The molecule has 5 saturated carbocycles. The van der Waals surface area contributed by atoms with Crippen LogP contribution in [-0.4, -0.2) is 193 Å². The maximum absolute atomic E-state index is 13.1. The molecule has 9 aliphatic rings. The number of hydrogen-bond donors (Lipinski definition) is 11. The van der Waals surface area contributed by atoms with Gasteiger partial charge < -0.3 is 89.5 Å². The zero-order valence-electron chi connectivity index (χ0n) is 44.3. The number of aliphatic hydroxyl groups excluding tert-OH is 10. The summed E-state index contributed by atoms with van der Waals surface area (Å²) in [6.07, 6.45) is -13.0. The van der Waals surface area contributed by atoms with Gasteiger partial charge in [-0.1, -0.05) is 59.8 Å². The summed E-state index contributed by atoms with van der Waals surface area (Å²) in [5.74, 6) is 0.404. The molecule has 4 saturated heterocycles. The molecule has 0 aromatic heterocycles. The SMILES string of the molecule is C/C(=C\C=C\[C@@H](C)[C@H]1CC[C@@]2(C)[C@@H]3CC[C@H]4C(C)(C)[C@@H](O[C@@H]5O[C@H](CO)[C@@H](O)[C@H](O)[C@H]5O[C@@H]5O[C@H](CO)[C@@H](O)[C@H](O)[C@H]5O[C@@H]5O[C@@H](C)[C@H](O)[C@@H](O)[C@H]5O)[C@H](O)C[C@@]45C[C@@]35CC[C@]12C)C(=O)N[C@@H]1C(=O)O[C@H](C)[C@@H]1C. The molecule has 420 valence electrons. The monoisotopic (exact) mass is 1050 g/mol. The van der Waals surface area contributed by atoms with E-state index in [9.17, 15) is 60.7 Å². The predicted octanol–water partition coefficient (Wildman–Crippen LogP) is 0.462. The van der Waals surface area contributed by atoms with Crippen LogP contribution in [0, 0.1) is 56.7 Å². The smallest absolute Gasteiger partial charge is 0.329 e. The second kappa shape index (κ2) is 20.5. The Morgan fingerprint density at radius 2 is 1.30 bits per heavy atom. The molecule has 9 rings (SSSR count). The minimum Gasteiger partial charge on any atom is -0.461 e. The van der Waals surface area contributed by atoms with Crippen molar-refractivity contribution in [2.45, 2.75) is 230 Å². The van der Waals surface area contributed by atoms with Gasteiger partial charge in [-0.2, -0.15) is 0 Å². The van der Waals surface area contributed by atoms with E-state index in [4.69, 9.17) is 33.2 Å². The molecule has 20 nitrogen and oxygen atoms in total. The van der Waals surface area contributed by atoms with Crippen molar-refractivity contribution in [2.75, 3.05) is 13.2 Å². The van der Waals surface area contributed by atoms with E-state index in [1.54, 1.807) is 6.92 Å². The van der Waals surface area contributed by atoms with E-state index in [1.165, 1.54) is 6.92 Å². The molecule has 11 N–H and O–H groups in total. The molecule has 0 aromatic carbocycles. The van der Waals surface area contributed by atoms with Crippen molar-refractivity contribution in [1.82, 2.24) is 5.32 Å². The summed E-state index contributed by atoms with van der Waals surface area (Å²) in [6, 6.07) is -0.667. The quantitative estimate of drug-likeness (QED) is 0.0517. The molecule has 4 heterocycles. The fourth-order valence-electron chi connectivity index (χ4n) is 16.7. The molecular formula is C54H85NO19. The Morgan fingerprint density at radius 1 is 0.703 bits per heavy atom. The lowest BCUT2D eigenvalue weighted by Crippen LogP contribution is -2.67. The zero-order chi connectivity index (χ0) is 53.9. The van der Waals surface area contributed by atoms with Crippen molar-refractivity contribution in [1.29, 1.82) is 0 Å². The van der Waals surface area contributed by atoms with Crippen molar-refractivity contribution < 1.29 is 93.8 Å². The number of allylic oxidation sites excluding steroid dienone is 3. The molecule has 1 amide bonds. The number of nitrogens with one attached hydrogen (secondary N) is 1. The summed E-state index contributed by atoms with van der Waals surface area (Å²) < 4.78 is 42.0. The van der Waals surface area contributed by atoms with Gasteiger partial charge in [0.15, 0.2) is 18.9 Å². The Balaban J connectivity index is 0.905. The molecule has 2 spiro atoms. The molecule has 9 fully saturated rings. The van der Waals surface area contributed by atoms with Gasteiger partial charge in [-0.05, 0) is 123 Å². The molecule has 20 heteroatoms. The van der Waals surface area contributed by atoms with Crippen LogP contribution in [0.4, 0.5) is 0 Å². The number of cyclic esters (lactones) is 1. The van der Waals surface area contributed by atoms with Crippen molar-refractivity contribution in [3.8, 4) is 0 Å². The Kier molecular flexibility index (Phi) is 15.6. The molecule has 28 atom stereocenters. The molecule has 4 aliphatic heterocycles. The summed E-state index contributed by atoms with van der Waals surface area (Å²) in [4.78, 5) is 25.4. The van der Waals surface area contributed by atoms with E-state index in [0.29, 0.717) is 23.8 Å². The molecule has 0 radical (unpaired) electrons. The second-order valence-electron chi connectivity index (χ2n) is 25.1. The van der Waals surface area contributed by atoms with E-state index in [2.05, 4.69) is 46.0 Å². The molecule has 74 heavy (non-hydrogen) atoms. The molecule has 0 bridgehead atoms. The lowest BCUT2D eigenvalue weighted by atomic mass is 9.41. The van der Waals surface area contributed by atoms with Crippen LogP contribution in [0.15, 0.2) is 23.8 Å². The van der Waals surface area contributed by atoms with Crippen molar-refractivity contribution in [3.05, 3.63) is 23.8 Å². The first-order valence-corrected chi connectivity index (χ1v) is 27.2. The maximum Gasteiger partial charge on any atom is 0.329 e. The Morgan fingerprint density at radius 3 is 1.89 bits per heavy atom. The first kappa shape index (κ1) is 56.5. The van der Waals surface area contributed by atoms with Gasteiger partial charge in [0, 0.05) is 11.5 Å². The van der Waals surface area contributed by atoms with Crippen molar-refractivity contribution in [2.24, 2.45) is 56.7 Å². The summed E-state index contributed by atoms with van der Waals surface area (Å²) in [5.41, 5.74) is -0.204. The largest absolute Gasteiger partial charge is 0.461 e. The zero-order valence-corrected chi connectivity index (χ0v) is 44.3. The number of carbonyl (C=O) groups excluding carboxylic acids is 2. The maximum atomic E-state index is 13.1. The third kappa shape index (κ3) is 8.88. The first-order valence-electron chi connectivity index (χ1n) is 27.2. The lowest BCUT2D eigenvalue weighted by molar-refractivity contribution is -0.399. The molecule has 5 aliphatic carbocycles. The Bertz CT molecular complexity index is 2130. The summed E-state index contributed by atoms with van der Waals surface area (Å²) >= 11 is 0. The highest BCUT2D eigenvalue weighted by Gasteiger charge is 2.83. The minimum absolute atomic E-state index is 0.0222. The van der Waals surface area contributed by atoms with Gasteiger partial charge in [0.2, 0.25) is 5.91 Å². The number of carbonyl (C=O) groups is 2. The van der Waals surface area contributed by atoms with Crippen LogP contribution < -0.4 is 5.32 Å².